The summed E-state index contributed by atoms with van der Waals surface area (Å²) in [5.41, 5.74) is -0.325. The predicted octanol–water partition coefficient (Wildman–Crippen LogP) is 3.91. The van der Waals surface area contributed by atoms with E-state index in [1.807, 2.05) is 0 Å². The Labute approximate surface area is 151 Å². The minimum Gasteiger partial charge on any atom is -0.366 e. The van der Waals surface area contributed by atoms with E-state index in [2.05, 4.69) is 20.3 Å². The van der Waals surface area contributed by atoms with Crippen molar-refractivity contribution < 1.29 is 17.6 Å². The average molecular weight is 378 g/mol. The van der Waals surface area contributed by atoms with Crippen LogP contribution in [0.1, 0.15) is 16.8 Å². The van der Waals surface area contributed by atoms with Gasteiger partial charge in [0.25, 0.3) is 5.56 Å². The zero-order chi connectivity index (χ0) is 19.6. The van der Waals surface area contributed by atoms with Crippen LogP contribution < -0.4 is 10.9 Å². The number of benzene rings is 1. The van der Waals surface area contributed by atoms with Crippen LogP contribution in [-0.2, 0) is 12.7 Å². The van der Waals surface area contributed by atoms with Gasteiger partial charge in [0, 0.05) is 30.1 Å². The Hall–Kier alpha value is -3.23. The SMILES string of the molecule is Cc1cc(=O)[nH]c(-c2ccc(NCc3ccc(F)cc3C(F)(F)F)nc2)n1. The summed E-state index contributed by atoms with van der Waals surface area (Å²) < 4.78 is 52.2. The van der Waals surface area contributed by atoms with Gasteiger partial charge in [0.2, 0.25) is 0 Å². The number of aromatic nitrogens is 3. The molecule has 0 aliphatic heterocycles. The lowest BCUT2D eigenvalue weighted by Gasteiger charge is -2.14. The second-order valence-corrected chi connectivity index (χ2v) is 5.82. The number of anilines is 1. The standard InChI is InChI=1S/C18H14F4N4O/c1-10-6-16(27)26-17(25-10)12-3-5-15(24-9-12)23-8-11-2-4-13(19)7-14(11)18(20,21)22/h2-7,9H,8H2,1H3,(H,23,24)(H,25,26,27). The Bertz CT molecular complexity index is 1010. The Morgan fingerprint density at radius 1 is 1.15 bits per heavy atom. The summed E-state index contributed by atoms with van der Waals surface area (Å²) in [6.45, 7) is 1.50. The highest BCUT2D eigenvalue weighted by atomic mass is 19.4. The van der Waals surface area contributed by atoms with Crippen molar-refractivity contribution in [3.05, 3.63) is 75.6 Å². The van der Waals surface area contributed by atoms with E-state index in [0.717, 1.165) is 12.1 Å². The molecule has 9 heteroatoms. The van der Waals surface area contributed by atoms with Gasteiger partial charge in [-0.15, -0.1) is 0 Å². The molecule has 0 amide bonds. The molecule has 0 bridgehead atoms. The summed E-state index contributed by atoms with van der Waals surface area (Å²) in [4.78, 5) is 22.4. The number of nitrogens with one attached hydrogen (secondary N) is 2. The molecular formula is C18H14F4N4O. The maximum absolute atomic E-state index is 13.1. The minimum absolute atomic E-state index is 0.0977. The summed E-state index contributed by atoms with van der Waals surface area (Å²) >= 11 is 0. The van der Waals surface area contributed by atoms with E-state index in [0.29, 0.717) is 29.0 Å². The average Bonchev–Trinajstić information content (AvgIpc) is 2.59. The summed E-state index contributed by atoms with van der Waals surface area (Å²) in [5, 5.41) is 2.77. The molecule has 1 aromatic carbocycles. The molecule has 3 aromatic rings. The molecule has 5 nitrogen and oxygen atoms in total. The van der Waals surface area contributed by atoms with Gasteiger partial charge in [0.1, 0.15) is 17.5 Å². The summed E-state index contributed by atoms with van der Waals surface area (Å²) in [7, 11) is 0. The van der Waals surface area contributed by atoms with Crippen LogP contribution in [0.4, 0.5) is 23.4 Å². The Morgan fingerprint density at radius 2 is 1.93 bits per heavy atom. The smallest absolute Gasteiger partial charge is 0.366 e. The first-order chi connectivity index (χ1) is 12.7. The molecule has 0 unspecified atom stereocenters. The van der Waals surface area contributed by atoms with E-state index in [-0.39, 0.29) is 17.7 Å². The molecule has 2 aromatic heterocycles. The van der Waals surface area contributed by atoms with Crippen LogP contribution >= 0.6 is 0 Å². The molecule has 0 spiro atoms. The van der Waals surface area contributed by atoms with Gasteiger partial charge in [-0.1, -0.05) is 6.07 Å². The van der Waals surface area contributed by atoms with Crippen molar-refractivity contribution in [2.45, 2.75) is 19.6 Å². The summed E-state index contributed by atoms with van der Waals surface area (Å²) in [5.74, 6) is -0.281. The molecule has 0 aliphatic carbocycles. The first kappa shape index (κ1) is 18.6. The highest BCUT2D eigenvalue weighted by molar-refractivity contribution is 5.56. The number of pyridine rings is 1. The highest BCUT2D eigenvalue weighted by Gasteiger charge is 2.33. The van der Waals surface area contributed by atoms with Crippen LogP contribution in [0.25, 0.3) is 11.4 Å². The third-order valence-electron chi connectivity index (χ3n) is 3.74. The molecule has 0 radical (unpaired) electrons. The highest BCUT2D eigenvalue weighted by Crippen LogP contribution is 2.32. The lowest BCUT2D eigenvalue weighted by molar-refractivity contribution is -0.138. The molecular weight excluding hydrogens is 364 g/mol. The number of hydrogen-bond donors (Lipinski definition) is 2. The van der Waals surface area contributed by atoms with Gasteiger partial charge in [-0.3, -0.25) is 4.79 Å². The number of alkyl halides is 3. The number of nitrogens with zero attached hydrogens (tertiary/aromatic N) is 2. The Balaban J connectivity index is 1.77. The van der Waals surface area contributed by atoms with E-state index >= 15 is 0 Å². The fourth-order valence-electron chi connectivity index (χ4n) is 2.51. The second-order valence-electron chi connectivity index (χ2n) is 5.82. The minimum atomic E-state index is -4.65. The van der Waals surface area contributed by atoms with Crippen molar-refractivity contribution in [2.75, 3.05) is 5.32 Å². The van der Waals surface area contributed by atoms with Crippen LogP contribution in [0, 0.1) is 12.7 Å². The van der Waals surface area contributed by atoms with Crippen molar-refractivity contribution in [1.29, 1.82) is 0 Å². The lowest BCUT2D eigenvalue weighted by Crippen LogP contribution is -2.13. The van der Waals surface area contributed by atoms with Crippen molar-refractivity contribution >= 4 is 5.82 Å². The number of aromatic amines is 1. The zero-order valence-corrected chi connectivity index (χ0v) is 14.1. The van der Waals surface area contributed by atoms with E-state index in [1.165, 1.54) is 12.3 Å². The summed E-state index contributed by atoms with van der Waals surface area (Å²) in [6, 6.07) is 7.06. The predicted molar refractivity (Wildman–Crippen MR) is 91.6 cm³/mol. The van der Waals surface area contributed by atoms with Gasteiger partial charge < -0.3 is 10.3 Å². The van der Waals surface area contributed by atoms with Crippen molar-refractivity contribution in [3.63, 3.8) is 0 Å². The summed E-state index contributed by atoms with van der Waals surface area (Å²) in [6.07, 6.45) is -3.21. The van der Waals surface area contributed by atoms with Crippen LogP contribution in [0.15, 0.2) is 47.4 Å². The third kappa shape index (κ3) is 4.49. The molecule has 27 heavy (non-hydrogen) atoms. The number of rotatable bonds is 4. The molecule has 2 N–H and O–H groups in total. The molecule has 2 heterocycles. The monoisotopic (exact) mass is 378 g/mol. The van der Waals surface area contributed by atoms with Crippen molar-refractivity contribution in [1.82, 2.24) is 15.0 Å². The first-order valence-corrected chi connectivity index (χ1v) is 7.86. The van der Waals surface area contributed by atoms with Crippen LogP contribution in [0.2, 0.25) is 0 Å². The molecule has 140 valence electrons. The first-order valence-electron chi connectivity index (χ1n) is 7.86. The number of halogens is 4. The quantitative estimate of drug-likeness (QED) is 0.676. The fraction of sp³-hybridized carbons (Fsp3) is 0.167. The second kappa shape index (κ2) is 7.18. The number of aryl methyl sites for hydroxylation is 1. The fourth-order valence-corrected chi connectivity index (χ4v) is 2.51. The van der Waals surface area contributed by atoms with Gasteiger partial charge in [-0.25, -0.2) is 14.4 Å². The molecule has 0 aliphatic rings. The molecule has 0 fully saturated rings. The largest absolute Gasteiger partial charge is 0.416 e. The maximum Gasteiger partial charge on any atom is 0.416 e. The van der Waals surface area contributed by atoms with Crippen molar-refractivity contribution in [3.8, 4) is 11.4 Å². The van der Waals surface area contributed by atoms with E-state index < -0.39 is 17.6 Å². The molecule has 0 saturated carbocycles. The molecule has 0 saturated heterocycles. The van der Waals surface area contributed by atoms with Gasteiger partial charge in [-0.05, 0) is 36.8 Å². The Kier molecular flexibility index (Phi) is 4.93. The van der Waals surface area contributed by atoms with Gasteiger partial charge in [0.15, 0.2) is 0 Å². The maximum atomic E-state index is 13.1. The van der Waals surface area contributed by atoms with Crippen LogP contribution in [-0.4, -0.2) is 15.0 Å². The lowest BCUT2D eigenvalue weighted by atomic mass is 10.1. The molecule has 0 atom stereocenters. The van der Waals surface area contributed by atoms with E-state index in [9.17, 15) is 22.4 Å². The normalized spacial score (nSPS) is 11.4. The van der Waals surface area contributed by atoms with Crippen LogP contribution in [0.3, 0.4) is 0 Å². The van der Waals surface area contributed by atoms with Gasteiger partial charge in [0.05, 0.1) is 5.56 Å². The topological polar surface area (TPSA) is 70.7 Å². The third-order valence-corrected chi connectivity index (χ3v) is 3.74. The van der Waals surface area contributed by atoms with E-state index in [4.69, 9.17) is 0 Å². The Morgan fingerprint density at radius 3 is 2.56 bits per heavy atom. The van der Waals surface area contributed by atoms with Gasteiger partial charge in [-0.2, -0.15) is 13.2 Å². The van der Waals surface area contributed by atoms with Crippen LogP contribution in [0.5, 0.6) is 0 Å². The zero-order valence-electron chi connectivity index (χ0n) is 14.1. The molecule has 3 rings (SSSR count). The number of H-pyrrole nitrogens is 1. The van der Waals surface area contributed by atoms with Gasteiger partial charge >= 0.3 is 6.18 Å². The van der Waals surface area contributed by atoms with E-state index in [1.54, 1.807) is 19.1 Å². The van der Waals surface area contributed by atoms with Crippen molar-refractivity contribution in [2.24, 2.45) is 0 Å². The number of hydrogen-bond acceptors (Lipinski definition) is 4.